The Balaban J connectivity index is 1.66. The summed E-state index contributed by atoms with van der Waals surface area (Å²) in [7, 11) is 0. The van der Waals surface area contributed by atoms with E-state index in [-0.39, 0.29) is 0 Å². The van der Waals surface area contributed by atoms with Crippen molar-refractivity contribution in [3.05, 3.63) is 89.9 Å². The quantitative estimate of drug-likeness (QED) is 0.556. The molecule has 4 rings (SSSR count). The summed E-state index contributed by atoms with van der Waals surface area (Å²) in [6.45, 7) is 4.91. The Morgan fingerprint density at radius 3 is 2.48 bits per heavy atom. The Hall–Kier alpha value is -3.07. The molecule has 1 N–H and O–H groups in total. The van der Waals surface area contributed by atoms with Crippen molar-refractivity contribution in [3.63, 3.8) is 0 Å². The van der Waals surface area contributed by atoms with E-state index in [0.717, 1.165) is 23.6 Å². The lowest BCUT2D eigenvalue weighted by Gasteiger charge is -2.12. The number of aromatic nitrogens is 2. The highest BCUT2D eigenvalue weighted by molar-refractivity contribution is 5.71. The van der Waals surface area contributed by atoms with Gasteiger partial charge in [0.05, 0.1) is 11.4 Å². The van der Waals surface area contributed by atoms with E-state index < -0.39 is 0 Å². The molecule has 0 spiro atoms. The van der Waals surface area contributed by atoms with Crippen molar-refractivity contribution in [1.82, 2.24) is 9.38 Å². The third-order valence-electron chi connectivity index (χ3n) is 4.70. The van der Waals surface area contributed by atoms with Gasteiger partial charge in [0, 0.05) is 18.4 Å². The van der Waals surface area contributed by atoms with Crippen molar-refractivity contribution in [2.75, 3.05) is 5.32 Å². The van der Waals surface area contributed by atoms with Gasteiger partial charge in [-0.2, -0.15) is 0 Å². The van der Waals surface area contributed by atoms with Gasteiger partial charge in [-0.3, -0.25) is 0 Å². The van der Waals surface area contributed by atoms with E-state index in [1.807, 2.05) is 6.07 Å². The Morgan fingerprint density at radius 1 is 0.880 bits per heavy atom. The topological polar surface area (TPSA) is 29.3 Å². The molecule has 0 radical (unpaired) electrons. The standard InChI is InChI=1S/C22H21N3/c1-16-17(2)25-14-8-13-21(22(25)24-16)23-15-19-11-6-7-12-20(19)18-9-4-3-5-10-18/h3-14,23H,15H2,1-2H3. The summed E-state index contributed by atoms with van der Waals surface area (Å²) in [6, 6.07) is 23.2. The molecule has 0 aliphatic heterocycles. The summed E-state index contributed by atoms with van der Waals surface area (Å²) >= 11 is 0. The van der Waals surface area contributed by atoms with Crippen LogP contribution in [-0.4, -0.2) is 9.38 Å². The van der Waals surface area contributed by atoms with Crippen LogP contribution in [0.1, 0.15) is 17.0 Å². The smallest absolute Gasteiger partial charge is 0.160 e. The third-order valence-corrected chi connectivity index (χ3v) is 4.70. The Labute approximate surface area is 148 Å². The van der Waals surface area contributed by atoms with E-state index in [4.69, 9.17) is 4.98 Å². The lowest BCUT2D eigenvalue weighted by atomic mass is 10.00. The molecule has 0 atom stereocenters. The fourth-order valence-corrected chi connectivity index (χ4v) is 3.20. The van der Waals surface area contributed by atoms with Crippen LogP contribution in [0.5, 0.6) is 0 Å². The van der Waals surface area contributed by atoms with Crippen LogP contribution in [0.2, 0.25) is 0 Å². The molecule has 0 aliphatic rings. The fraction of sp³-hybridized carbons (Fsp3) is 0.136. The van der Waals surface area contributed by atoms with Gasteiger partial charge in [-0.05, 0) is 42.7 Å². The number of nitrogens with zero attached hydrogens (tertiary/aromatic N) is 2. The van der Waals surface area contributed by atoms with Gasteiger partial charge in [-0.1, -0.05) is 54.6 Å². The van der Waals surface area contributed by atoms with Gasteiger partial charge in [-0.25, -0.2) is 4.98 Å². The molecule has 0 saturated carbocycles. The highest BCUT2D eigenvalue weighted by Crippen LogP contribution is 2.25. The van der Waals surface area contributed by atoms with Gasteiger partial charge in [-0.15, -0.1) is 0 Å². The summed E-state index contributed by atoms with van der Waals surface area (Å²) in [5, 5.41) is 3.57. The van der Waals surface area contributed by atoms with Crippen LogP contribution in [0, 0.1) is 13.8 Å². The zero-order valence-electron chi connectivity index (χ0n) is 14.5. The summed E-state index contributed by atoms with van der Waals surface area (Å²) in [5.41, 5.74) is 8.07. The first-order valence-electron chi connectivity index (χ1n) is 8.55. The average molecular weight is 327 g/mol. The summed E-state index contributed by atoms with van der Waals surface area (Å²) in [6.07, 6.45) is 2.06. The van der Waals surface area contributed by atoms with Crippen LogP contribution >= 0.6 is 0 Å². The van der Waals surface area contributed by atoms with Crippen LogP contribution in [0.3, 0.4) is 0 Å². The summed E-state index contributed by atoms with van der Waals surface area (Å²) < 4.78 is 2.14. The number of aryl methyl sites for hydroxylation is 2. The second-order valence-corrected chi connectivity index (χ2v) is 6.27. The van der Waals surface area contributed by atoms with Crippen molar-refractivity contribution in [1.29, 1.82) is 0 Å². The largest absolute Gasteiger partial charge is 0.378 e. The van der Waals surface area contributed by atoms with E-state index >= 15 is 0 Å². The molecule has 0 amide bonds. The number of fused-ring (bicyclic) bond motifs is 1. The zero-order valence-corrected chi connectivity index (χ0v) is 14.5. The van der Waals surface area contributed by atoms with Crippen molar-refractivity contribution in [2.45, 2.75) is 20.4 Å². The van der Waals surface area contributed by atoms with Gasteiger partial charge in [0.2, 0.25) is 0 Å². The molecule has 0 saturated heterocycles. The van der Waals surface area contributed by atoms with Crippen molar-refractivity contribution in [3.8, 4) is 11.1 Å². The summed E-state index contributed by atoms with van der Waals surface area (Å²) in [5.74, 6) is 0. The van der Waals surface area contributed by atoms with Crippen LogP contribution in [0.4, 0.5) is 5.69 Å². The van der Waals surface area contributed by atoms with Gasteiger partial charge >= 0.3 is 0 Å². The van der Waals surface area contributed by atoms with E-state index in [0.29, 0.717) is 0 Å². The molecule has 0 fully saturated rings. The monoisotopic (exact) mass is 327 g/mol. The predicted molar refractivity (Wildman–Crippen MR) is 104 cm³/mol. The number of hydrogen-bond acceptors (Lipinski definition) is 2. The molecule has 124 valence electrons. The number of imidazole rings is 1. The normalized spacial score (nSPS) is 11.0. The van der Waals surface area contributed by atoms with Crippen molar-refractivity contribution in [2.24, 2.45) is 0 Å². The molecule has 2 heterocycles. The second-order valence-electron chi connectivity index (χ2n) is 6.27. The molecule has 25 heavy (non-hydrogen) atoms. The van der Waals surface area contributed by atoms with E-state index in [1.165, 1.54) is 22.4 Å². The molecule has 2 aromatic carbocycles. The molecule has 4 aromatic rings. The number of benzene rings is 2. The third kappa shape index (κ3) is 2.89. The van der Waals surface area contributed by atoms with Gasteiger partial charge in [0.1, 0.15) is 0 Å². The lowest BCUT2D eigenvalue weighted by molar-refractivity contribution is 1.08. The Bertz CT molecular complexity index is 1020. The molecule has 0 aliphatic carbocycles. The maximum absolute atomic E-state index is 4.71. The fourth-order valence-electron chi connectivity index (χ4n) is 3.20. The minimum absolute atomic E-state index is 0.760. The van der Waals surface area contributed by atoms with Crippen molar-refractivity contribution >= 4 is 11.3 Å². The van der Waals surface area contributed by atoms with Gasteiger partial charge in [0.25, 0.3) is 0 Å². The van der Waals surface area contributed by atoms with Crippen LogP contribution < -0.4 is 5.32 Å². The first kappa shape index (κ1) is 15.5. The molecular weight excluding hydrogens is 306 g/mol. The number of anilines is 1. The molecule has 0 bridgehead atoms. The highest BCUT2D eigenvalue weighted by Gasteiger charge is 2.09. The molecule has 3 heteroatoms. The minimum atomic E-state index is 0.760. The lowest BCUT2D eigenvalue weighted by Crippen LogP contribution is -2.03. The number of nitrogens with one attached hydrogen (secondary N) is 1. The molecule has 0 unspecified atom stereocenters. The van der Waals surface area contributed by atoms with Crippen LogP contribution in [0.25, 0.3) is 16.8 Å². The number of hydrogen-bond donors (Lipinski definition) is 1. The number of rotatable bonds is 4. The highest BCUT2D eigenvalue weighted by atomic mass is 15.0. The van der Waals surface area contributed by atoms with Crippen LogP contribution in [-0.2, 0) is 6.54 Å². The first-order valence-corrected chi connectivity index (χ1v) is 8.55. The predicted octanol–water partition coefficient (Wildman–Crippen LogP) is 5.23. The number of pyridine rings is 1. The van der Waals surface area contributed by atoms with Crippen molar-refractivity contribution < 1.29 is 0 Å². The van der Waals surface area contributed by atoms with Gasteiger partial charge < -0.3 is 9.72 Å². The molecule has 2 aromatic heterocycles. The van der Waals surface area contributed by atoms with Crippen LogP contribution in [0.15, 0.2) is 72.9 Å². The maximum atomic E-state index is 4.71. The SMILES string of the molecule is Cc1nc2c(NCc3ccccc3-c3ccccc3)cccn2c1C. The first-order chi connectivity index (χ1) is 12.2. The Kier molecular flexibility index (Phi) is 3.98. The van der Waals surface area contributed by atoms with E-state index in [9.17, 15) is 0 Å². The summed E-state index contributed by atoms with van der Waals surface area (Å²) in [4.78, 5) is 4.71. The second kappa shape index (κ2) is 6.44. The van der Waals surface area contributed by atoms with Gasteiger partial charge in [0.15, 0.2) is 5.65 Å². The maximum Gasteiger partial charge on any atom is 0.160 e. The minimum Gasteiger partial charge on any atom is -0.378 e. The van der Waals surface area contributed by atoms with E-state index in [1.54, 1.807) is 0 Å². The molecule has 3 nitrogen and oxygen atoms in total. The Morgan fingerprint density at radius 2 is 1.64 bits per heavy atom. The molecular formula is C22H21N3. The average Bonchev–Trinajstić information content (AvgIpc) is 2.96. The zero-order chi connectivity index (χ0) is 17.2. The van der Waals surface area contributed by atoms with E-state index in [2.05, 4.69) is 90.4 Å².